The van der Waals surface area contributed by atoms with E-state index in [0.29, 0.717) is 35.4 Å². The Morgan fingerprint density at radius 3 is 1.53 bits per heavy atom. The van der Waals surface area contributed by atoms with Crippen LogP contribution in [-0.4, -0.2) is 21.4 Å². The Morgan fingerprint density at radius 2 is 1.11 bits per heavy atom. The summed E-state index contributed by atoms with van der Waals surface area (Å²) in [6.45, 7) is 7.24. The molecule has 0 N–H and O–H groups in total. The molecule has 0 bridgehead atoms. The fraction of sp³-hybridized carbons (Fsp3) is 0. The van der Waals surface area contributed by atoms with E-state index in [0.717, 1.165) is 0 Å². The second kappa shape index (κ2) is 9.26. The Kier molecular flexibility index (Phi) is 5.93. The minimum atomic E-state index is -1.77. The van der Waals surface area contributed by atoms with Crippen molar-refractivity contribution >= 4 is 11.4 Å². The minimum absolute atomic E-state index is 0.0395. The van der Waals surface area contributed by atoms with Gasteiger partial charge in [0.2, 0.25) is 6.19 Å². The van der Waals surface area contributed by atoms with Crippen LogP contribution in [0, 0.1) is 52.9 Å². The third-order valence-corrected chi connectivity index (χ3v) is 5.61. The van der Waals surface area contributed by atoms with Gasteiger partial charge in [-0.15, -0.1) is 4.95 Å². The number of nitriles is 1. The molecule has 12 heteroatoms. The second-order valence-electron chi connectivity index (χ2n) is 7.78. The van der Waals surface area contributed by atoms with Gasteiger partial charge in [0, 0.05) is 22.3 Å². The van der Waals surface area contributed by atoms with Crippen LogP contribution >= 0.6 is 0 Å². The van der Waals surface area contributed by atoms with Crippen LogP contribution in [0.1, 0.15) is 22.5 Å². The molecule has 1 aliphatic carbocycles. The van der Waals surface area contributed by atoms with E-state index < -0.39 is 57.4 Å². The summed E-state index contributed by atoms with van der Waals surface area (Å²) in [5, 5.41) is 13.1. The maximum Gasteiger partial charge on any atom is 0.206 e. The quantitative estimate of drug-likeness (QED) is 0.0953. The zero-order valence-electron chi connectivity index (χ0n) is 18.6. The van der Waals surface area contributed by atoms with Crippen molar-refractivity contribution in [2.75, 3.05) is 0 Å². The molecule has 0 unspecified atom stereocenters. The van der Waals surface area contributed by atoms with E-state index in [1.165, 1.54) is 0 Å². The van der Waals surface area contributed by atoms with Crippen molar-refractivity contribution in [2.24, 2.45) is 10.1 Å². The highest BCUT2D eigenvalue weighted by Gasteiger charge is 2.34. The van der Waals surface area contributed by atoms with Gasteiger partial charge in [-0.2, -0.15) is 16.8 Å². The second-order valence-corrected chi connectivity index (χ2v) is 7.78. The van der Waals surface area contributed by atoms with Crippen molar-refractivity contribution in [3.8, 4) is 28.7 Å². The number of benzene rings is 3. The van der Waals surface area contributed by atoms with Gasteiger partial charge in [-0.1, -0.05) is 24.3 Å². The molecular weight excluding hydrogens is 510 g/mol. The molecule has 4 aromatic rings. The van der Waals surface area contributed by atoms with E-state index in [4.69, 9.17) is 6.57 Å². The molecule has 0 spiro atoms. The topological polar surface area (TPSA) is 78.6 Å². The molecule has 5 rings (SSSR count). The monoisotopic (exact) mass is 518 g/mol. The van der Waals surface area contributed by atoms with Gasteiger partial charge in [0.15, 0.2) is 40.6 Å². The van der Waals surface area contributed by atoms with Crippen LogP contribution in [0.2, 0.25) is 0 Å². The lowest BCUT2D eigenvalue weighted by Crippen LogP contribution is -2.25. The first kappa shape index (κ1) is 24.3. The van der Waals surface area contributed by atoms with Crippen LogP contribution in [0.5, 0.6) is 0 Å². The fourth-order valence-corrected chi connectivity index (χ4v) is 4.02. The summed E-state index contributed by atoms with van der Waals surface area (Å²) in [5.74, 6) is -9.90. The van der Waals surface area contributed by atoms with Crippen LogP contribution in [0.3, 0.4) is 0 Å². The first-order valence-corrected chi connectivity index (χ1v) is 10.5. The van der Waals surface area contributed by atoms with Crippen LogP contribution in [0.4, 0.5) is 26.3 Å². The number of aromatic nitrogens is 2. The van der Waals surface area contributed by atoms with E-state index >= 15 is 0 Å². The molecule has 0 fully saturated rings. The Hall–Kier alpha value is -5.36. The first-order valence-electron chi connectivity index (χ1n) is 10.5. The van der Waals surface area contributed by atoms with Gasteiger partial charge in [-0.05, 0) is 24.3 Å². The van der Waals surface area contributed by atoms with Gasteiger partial charge in [0.05, 0.1) is 16.5 Å². The SMILES string of the molecule is [C-]#[N+]/N=C1\c2ccccc2C(=NC#N)c2nc(-c3cc(F)c(F)c(F)c3)c(-c3cc(F)c(F)c(F)c3)nc21. The van der Waals surface area contributed by atoms with E-state index in [-0.39, 0.29) is 22.8 Å². The van der Waals surface area contributed by atoms with E-state index in [1.807, 2.05) is 0 Å². The summed E-state index contributed by atoms with van der Waals surface area (Å²) in [6.07, 6.45) is 1.63. The largest absolute Gasteiger partial charge is 0.241 e. The Bertz CT molecular complexity index is 1640. The number of aliphatic imine (C=N–C) groups is 1. The van der Waals surface area contributed by atoms with E-state index in [1.54, 1.807) is 30.5 Å². The number of halogens is 6. The van der Waals surface area contributed by atoms with Crippen molar-refractivity contribution < 1.29 is 26.3 Å². The third kappa shape index (κ3) is 3.85. The number of nitrogens with zero attached hydrogens (tertiary/aromatic N) is 6. The van der Waals surface area contributed by atoms with Gasteiger partial charge >= 0.3 is 0 Å². The molecule has 3 aromatic carbocycles. The zero-order chi connectivity index (χ0) is 27.1. The molecular formula is C26H8F6N6. The molecule has 0 amide bonds. The average molecular weight is 518 g/mol. The number of fused-ring (bicyclic) bond motifs is 2. The molecule has 0 saturated heterocycles. The summed E-state index contributed by atoms with van der Waals surface area (Å²) in [6, 6.07) is 8.69. The zero-order valence-corrected chi connectivity index (χ0v) is 18.6. The van der Waals surface area contributed by atoms with Gasteiger partial charge in [0.25, 0.3) is 0 Å². The lowest BCUT2D eigenvalue weighted by Gasteiger charge is -2.21. The summed E-state index contributed by atoms with van der Waals surface area (Å²) in [4.78, 5) is 15.6. The van der Waals surface area contributed by atoms with Crippen molar-refractivity contribution in [2.45, 2.75) is 0 Å². The molecule has 6 nitrogen and oxygen atoms in total. The van der Waals surface area contributed by atoms with Crippen LogP contribution in [0.25, 0.3) is 27.5 Å². The van der Waals surface area contributed by atoms with Crippen LogP contribution < -0.4 is 0 Å². The van der Waals surface area contributed by atoms with Crippen molar-refractivity contribution in [3.63, 3.8) is 0 Å². The lowest BCUT2D eigenvalue weighted by molar-refractivity contribution is 0.447. The molecule has 1 aromatic heterocycles. The molecule has 1 aliphatic rings. The fourth-order valence-electron chi connectivity index (χ4n) is 4.02. The molecule has 0 aliphatic heterocycles. The maximum atomic E-state index is 14.2. The maximum absolute atomic E-state index is 14.2. The third-order valence-electron chi connectivity index (χ3n) is 5.61. The van der Waals surface area contributed by atoms with E-state index in [2.05, 4.69) is 25.0 Å². The van der Waals surface area contributed by atoms with Gasteiger partial charge < -0.3 is 0 Å². The molecule has 0 atom stereocenters. The number of rotatable bonds is 2. The van der Waals surface area contributed by atoms with Crippen LogP contribution in [0.15, 0.2) is 58.6 Å². The Balaban J connectivity index is 1.94. The van der Waals surface area contributed by atoms with Gasteiger partial charge in [-0.3, -0.25) is 0 Å². The predicted molar refractivity (Wildman–Crippen MR) is 123 cm³/mol. The molecule has 0 radical (unpaired) electrons. The van der Waals surface area contributed by atoms with Crippen molar-refractivity contribution in [3.05, 3.63) is 117 Å². The van der Waals surface area contributed by atoms with Crippen LogP contribution in [-0.2, 0) is 0 Å². The van der Waals surface area contributed by atoms with E-state index in [9.17, 15) is 31.6 Å². The minimum Gasteiger partial charge on any atom is -0.241 e. The summed E-state index contributed by atoms with van der Waals surface area (Å²) >= 11 is 0. The van der Waals surface area contributed by atoms with Crippen molar-refractivity contribution in [1.29, 1.82) is 5.26 Å². The summed E-state index contributed by atoms with van der Waals surface area (Å²) in [7, 11) is 0. The molecule has 0 saturated carbocycles. The highest BCUT2D eigenvalue weighted by molar-refractivity contribution is 6.30. The highest BCUT2D eigenvalue weighted by atomic mass is 19.2. The van der Waals surface area contributed by atoms with Crippen molar-refractivity contribution in [1.82, 2.24) is 9.97 Å². The Morgan fingerprint density at radius 1 is 0.684 bits per heavy atom. The summed E-state index contributed by atoms with van der Waals surface area (Å²) in [5.41, 5.74) is -1.32. The standard InChI is InChI=1S/C26H8F6N6/c1-34-38-24-14-5-3-2-4-13(14)23(35-10-33)25-26(24)37-22(12-8-17(29)20(32)18(30)9-12)21(36-25)11-6-15(27)19(31)16(28)7-11/h2-9H/b35-23?,38-24+. The first-order chi connectivity index (χ1) is 18.2. The molecule has 1 heterocycles. The average Bonchev–Trinajstić information content (AvgIpc) is 2.91. The summed E-state index contributed by atoms with van der Waals surface area (Å²) < 4.78 is 84.2. The highest BCUT2D eigenvalue weighted by Crippen LogP contribution is 2.36. The number of hydrogen-bond donors (Lipinski definition) is 0. The molecule has 184 valence electrons. The number of hydrogen-bond acceptors (Lipinski definition) is 5. The smallest absolute Gasteiger partial charge is 0.206 e. The lowest BCUT2D eigenvalue weighted by atomic mass is 9.87. The molecule has 38 heavy (non-hydrogen) atoms. The van der Waals surface area contributed by atoms with Gasteiger partial charge in [0.1, 0.15) is 17.1 Å². The predicted octanol–water partition coefficient (Wildman–Crippen LogP) is 5.95. The normalized spacial score (nSPS) is 14.1. The van der Waals surface area contributed by atoms with Gasteiger partial charge in [-0.25, -0.2) is 36.3 Å². The Labute approximate surface area is 209 Å².